The molecule has 8 heteroatoms. The summed E-state index contributed by atoms with van der Waals surface area (Å²) < 4.78 is 46.5. The molecule has 5 rings (SSSR count). The molecule has 0 saturated carbocycles. The summed E-state index contributed by atoms with van der Waals surface area (Å²) in [5.41, 5.74) is 1.52. The molecule has 5 nitrogen and oxygen atoms in total. The highest BCUT2D eigenvalue weighted by Crippen LogP contribution is 2.32. The number of aromatic nitrogens is 2. The number of anilines is 2. The molecule has 0 spiro atoms. The van der Waals surface area contributed by atoms with E-state index < -0.39 is 17.3 Å². The third-order valence-corrected chi connectivity index (χ3v) is 5.53. The molecule has 3 aromatic carbocycles. The Morgan fingerprint density at radius 1 is 0.912 bits per heavy atom. The molecular formula is C26H18F3N3O2. The molecular weight excluding hydrogens is 443 g/mol. The first-order chi connectivity index (χ1) is 16.3. The van der Waals surface area contributed by atoms with Crippen LogP contribution in [0.2, 0.25) is 0 Å². The van der Waals surface area contributed by atoms with E-state index in [0.717, 1.165) is 29.3 Å². The number of pyridine rings is 2. The number of halogens is 3. The summed E-state index contributed by atoms with van der Waals surface area (Å²) in [6.07, 6.45) is -2.92. The smallest absolute Gasteiger partial charge is 0.416 e. The van der Waals surface area contributed by atoms with E-state index in [1.54, 1.807) is 25.4 Å². The zero-order valence-corrected chi connectivity index (χ0v) is 17.9. The van der Waals surface area contributed by atoms with Crippen LogP contribution < -0.4 is 15.6 Å². The summed E-state index contributed by atoms with van der Waals surface area (Å²) in [6.45, 7) is 0. The van der Waals surface area contributed by atoms with Crippen molar-refractivity contribution in [3.63, 3.8) is 0 Å². The number of ether oxygens (including phenoxy) is 1. The molecule has 5 aromatic rings. The predicted molar refractivity (Wildman–Crippen MR) is 126 cm³/mol. The Kier molecular flexibility index (Phi) is 5.20. The lowest BCUT2D eigenvalue weighted by molar-refractivity contribution is -0.137. The highest BCUT2D eigenvalue weighted by atomic mass is 19.4. The number of alkyl halides is 3. The van der Waals surface area contributed by atoms with Gasteiger partial charge in [0.25, 0.3) is 5.56 Å². The fourth-order valence-electron chi connectivity index (χ4n) is 3.91. The summed E-state index contributed by atoms with van der Waals surface area (Å²) in [5.74, 6) is 0.726. The van der Waals surface area contributed by atoms with Crippen LogP contribution in [0.15, 0.2) is 89.9 Å². The van der Waals surface area contributed by atoms with Crippen molar-refractivity contribution >= 4 is 33.2 Å². The molecule has 0 fully saturated rings. The van der Waals surface area contributed by atoms with Crippen molar-refractivity contribution in [3.8, 4) is 11.4 Å². The van der Waals surface area contributed by atoms with Crippen LogP contribution in [-0.2, 0) is 6.18 Å². The second-order valence-electron chi connectivity index (χ2n) is 7.70. The fraction of sp³-hybridized carbons (Fsp3) is 0.0769. The van der Waals surface area contributed by atoms with Crippen LogP contribution in [0.5, 0.6) is 5.75 Å². The van der Waals surface area contributed by atoms with Crippen LogP contribution in [-0.4, -0.2) is 16.7 Å². The van der Waals surface area contributed by atoms with E-state index in [-0.39, 0.29) is 5.69 Å². The van der Waals surface area contributed by atoms with Gasteiger partial charge < -0.3 is 10.1 Å². The average molecular weight is 461 g/mol. The van der Waals surface area contributed by atoms with Crippen LogP contribution in [0.1, 0.15) is 5.56 Å². The molecule has 0 bridgehead atoms. The zero-order valence-electron chi connectivity index (χ0n) is 17.9. The van der Waals surface area contributed by atoms with Gasteiger partial charge >= 0.3 is 6.18 Å². The number of nitrogens with zero attached hydrogens (tertiary/aromatic N) is 2. The second-order valence-corrected chi connectivity index (χ2v) is 7.70. The van der Waals surface area contributed by atoms with Gasteiger partial charge in [0.2, 0.25) is 0 Å². The number of rotatable bonds is 4. The SMILES string of the molecule is COc1ccc(Nc2ccc3ncc4ccc(=O)n(-c5cccc(C(F)(F)F)c5)c4c3c2)cc1. The quantitative estimate of drug-likeness (QED) is 0.319. The lowest BCUT2D eigenvalue weighted by Gasteiger charge is -2.15. The van der Waals surface area contributed by atoms with Gasteiger partial charge in [-0.15, -0.1) is 0 Å². The first-order valence-electron chi connectivity index (χ1n) is 10.4. The molecule has 1 N–H and O–H groups in total. The summed E-state index contributed by atoms with van der Waals surface area (Å²) in [4.78, 5) is 17.4. The van der Waals surface area contributed by atoms with E-state index in [0.29, 0.717) is 21.8 Å². The van der Waals surface area contributed by atoms with Crippen LogP contribution in [0, 0.1) is 0 Å². The number of fused-ring (bicyclic) bond motifs is 3. The van der Waals surface area contributed by atoms with Gasteiger partial charge in [-0.05, 0) is 66.7 Å². The monoisotopic (exact) mass is 461 g/mol. The molecule has 0 saturated heterocycles. The summed E-state index contributed by atoms with van der Waals surface area (Å²) in [6, 6.07) is 20.6. The number of benzene rings is 3. The Balaban J connectivity index is 1.71. The van der Waals surface area contributed by atoms with E-state index in [4.69, 9.17) is 4.74 Å². The van der Waals surface area contributed by atoms with E-state index >= 15 is 0 Å². The Hall–Kier alpha value is -4.33. The Morgan fingerprint density at radius 2 is 1.68 bits per heavy atom. The van der Waals surface area contributed by atoms with Crippen molar-refractivity contribution in [2.75, 3.05) is 12.4 Å². The maximum Gasteiger partial charge on any atom is 0.416 e. The molecule has 0 unspecified atom stereocenters. The number of hydrogen-bond donors (Lipinski definition) is 1. The zero-order chi connectivity index (χ0) is 23.9. The minimum absolute atomic E-state index is 0.131. The maximum atomic E-state index is 13.3. The summed E-state index contributed by atoms with van der Waals surface area (Å²) in [7, 11) is 1.59. The Morgan fingerprint density at radius 3 is 2.41 bits per heavy atom. The van der Waals surface area contributed by atoms with Crippen molar-refractivity contribution in [2.45, 2.75) is 6.18 Å². The van der Waals surface area contributed by atoms with Gasteiger partial charge in [0.05, 0.1) is 23.7 Å². The number of hydrogen-bond acceptors (Lipinski definition) is 4. The molecule has 0 radical (unpaired) electrons. The second kappa shape index (κ2) is 8.22. The maximum absolute atomic E-state index is 13.3. The standard InChI is InChI=1S/C26H18F3N3O2/c1-34-21-9-6-18(7-10-21)31-19-8-11-23-22(14-19)25-16(15-30-23)5-12-24(33)32(25)20-4-2-3-17(13-20)26(27,28)29/h2-15,31H,1H3. The van der Waals surface area contributed by atoms with Crippen LogP contribution >= 0.6 is 0 Å². The van der Waals surface area contributed by atoms with Crippen LogP contribution in [0.3, 0.4) is 0 Å². The van der Waals surface area contributed by atoms with Gasteiger partial charge in [-0.25, -0.2) is 0 Å². The Labute approximate surface area is 192 Å². The van der Waals surface area contributed by atoms with Gasteiger partial charge in [-0.1, -0.05) is 6.07 Å². The molecule has 170 valence electrons. The fourth-order valence-corrected chi connectivity index (χ4v) is 3.91. The summed E-state index contributed by atoms with van der Waals surface area (Å²) in [5, 5.41) is 4.56. The molecule has 0 aliphatic rings. The molecule has 34 heavy (non-hydrogen) atoms. The van der Waals surface area contributed by atoms with Crippen molar-refractivity contribution < 1.29 is 17.9 Å². The first-order valence-corrected chi connectivity index (χ1v) is 10.4. The van der Waals surface area contributed by atoms with Gasteiger partial charge in [0.15, 0.2) is 0 Å². The van der Waals surface area contributed by atoms with Crippen molar-refractivity contribution in [2.24, 2.45) is 0 Å². The average Bonchev–Trinajstić information content (AvgIpc) is 2.84. The molecule has 0 amide bonds. The van der Waals surface area contributed by atoms with Gasteiger partial charge in [-0.2, -0.15) is 13.2 Å². The lowest BCUT2D eigenvalue weighted by Crippen LogP contribution is -2.18. The molecule has 2 aromatic heterocycles. The molecule has 0 atom stereocenters. The highest BCUT2D eigenvalue weighted by molar-refractivity contribution is 6.05. The Bertz CT molecular complexity index is 1580. The highest BCUT2D eigenvalue weighted by Gasteiger charge is 2.30. The summed E-state index contributed by atoms with van der Waals surface area (Å²) >= 11 is 0. The van der Waals surface area contributed by atoms with Gasteiger partial charge in [0.1, 0.15) is 5.75 Å². The predicted octanol–water partition coefficient (Wildman–Crippen LogP) is 6.31. The first kappa shape index (κ1) is 21.5. The van der Waals surface area contributed by atoms with E-state index in [2.05, 4.69) is 10.3 Å². The van der Waals surface area contributed by atoms with Gasteiger partial charge in [0, 0.05) is 40.1 Å². The van der Waals surface area contributed by atoms with E-state index in [1.807, 2.05) is 36.4 Å². The number of methoxy groups -OCH3 is 1. The molecule has 0 aliphatic heterocycles. The third-order valence-electron chi connectivity index (χ3n) is 5.53. The van der Waals surface area contributed by atoms with Crippen molar-refractivity contribution in [1.82, 2.24) is 9.55 Å². The third kappa shape index (κ3) is 3.94. The van der Waals surface area contributed by atoms with E-state index in [9.17, 15) is 18.0 Å². The number of nitrogens with one attached hydrogen (secondary N) is 1. The normalized spacial score (nSPS) is 11.6. The van der Waals surface area contributed by atoms with Gasteiger partial charge in [-0.3, -0.25) is 14.3 Å². The van der Waals surface area contributed by atoms with Crippen LogP contribution in [0.25, 0.3) is 27.5 Å². The van der Waals surface area contributed by atoms with Crippen molar-refractivity contribution in [1.29, 1.82) is 0 Å². The van der Waals surface area contributed by atoms with E-state index in [1.165, 1.54) is 22.8 Å². The lowest BCUT2D eigenvalue weighted by atomic mass is 10.1. The largest absolute Gasteiger partial charge is 0.497 e. The minimum Gasteiger partial charge on any atom is -0.497 e. The molecule has 2 heterocycles. The van der Waals surface area contributed by atoms with Crippen LogP contribution in [0.4, 0.5) is 24.5 Å². The topological polar surface area (TPSA) is 56.1 Å². The van der Waals surface area contributed by atoms with Crippen molar-refractivity contribution in [3.05, 3.63) is 101 Å². The minimum atomic E-state index is -4.52. The molecule has 0 aliphatic carbocycles.